The number of carbonyl (C=O) groups excluding carboxylic acids is 1. The second-order valence-electron chi connectivity index (χ2n) is 8.55. The number of benzene rings is 3. The van der Waals surface area contributed by atoms with Gasteiger partial charge in [-0.2, -0.15) is 5.10 Å². The van der Waals surface area contributed by atoms with Gasteiger partial charge in [0, 0.05) is 24.8 Å². The van der Waals surface area contributed by atoms with Crippen LogP contribution in [-0.2, 0) is 13.1 Å². The number of amides is 1. The monoisotopic (exact) mass is 495 g/mol. The number of hydrogen-bond acceptors (Lipinski definition) is 5. The highest BCUT2D eigenvalue weighted by Gasteiger charge is 2.21. The summed E-state index contributed by atoms with van der Waals surface area (Å²) in [4.78, 5) is 17.9. The average Bonchev–Trinajstić information content (AvgIpc) is 3.28. The molecule has 0 spiro atoms. The maximum atomic E-state index is 14.1. The van der Waals surface area contributed by atoms with E-state index in [-0.39, 0.29) is 18.3 Å². The highest BCUT2D eigenvalue weighted by atomic mass is 19.1. The van der Waals surface area contributed by atoms with E-state index in [1.807, 2.05) is 61.5 Å². The molecule has 7 nitrogen and oxygen atoms in total. The number of pyridine rings is 1. The molecule has 0 aliphatic heterocycles. The number of nitrogens with zero attached hydrogens (tertiary/aromatic N) is 3. The van der Waals surface area contributed by atoms with Crippen molar-refractivity contribution in [2.45, 2.75) is 20.0 Å². The zero-order valence-electron chi connectivity index (χ0n) is 20.5. The Bertz CT molecular complexity index is 1550. The Morgan fingerprint density at radius 3 is 2.43 bits per heavy atom. The smallest absolute Gasteiger partial charge is 0.255 e. The molecule has 8 heteroatoms. The number of methoxy groups -OCH3 is 1. The molecule has 0 bridgehead atoms. The molecule has 3 aromatic carbocycles. The summed E-state index contributed by atoms with van der Waals surface area (Å²) in [5.74, 6) is 0.0409. The van der Waals surface area contributed by atoms with Gasteiger partial charge in [-0.05, 0) is 42.8 Å². The van der Waals surface area contributed by atoms with Crippen LogP contribution in [0.2, 0.25) is 0 Å². The van der Waals surface area contributed by atoms with Gasteiger partial charge in [0.2, 0.25) is 0 Å². The SMILES string of the molecule is COc1ccc(CNc2c(C(=O)NCc3ccccc3F)cnc3c2c(C)nn3-c2ccccc2)cc1. The number of rotatable bonds is 8. The maximum Gasteiger partial charge on any atom is 0.255 e. The normalized spacial score (nSPS) is 10.9. The largest absolute Gasteiger partial charge is 0.497 e. The summed E-state index contributed by atoms with van der Waals surface area (Å²) in [5.41, 5.74) is 4.62. The van der Waals surface area contributed by atoms with Gasteiger partial charge in [-0.3, -0.25) is 4.79 Å². The summed E-state index contributed by atoms with van der Waals surface area (Å²) >= 11 is 0. The van der Waals surface area contributed by atoms with Crippen LogP contribution in [0.25, 0.3) is 16.7 Å². The summed E-state index contributed by atoms with van der Waals surface area (Å²) in [6.45, 7) is 2.42. The molecule has 1 amide bonds. The molecule has 2 heterocycles. The quantitative estimate of drug-likeness (QED) is 0.301. The number of hydrogen-bond donors (Lipinski definition) is 2. The van der Waals surface area contributed by atoms with E-state index >= 15 is 0 Å². The number of aromatic nitrogens is 3. The molecule has 186 valence electrons. The molecule has 0 fully saturated rings. The van der Waals surface area contributed by atoms with Crippen LogP contribution >= 0.6 is 0 Å². The van der Waals surface area contributed by atoms with Crippen molar-refractivity contribution in [3.8, 4) is 11.4 Å². The lowest BCUT2D eigenvalue weighted by molar-refractivity contribution is 0.0951. The minimum absolute atomic E-state index is 0.0592. The van der Waals surface area contributed by atoms with Gasteiger partial charge in [0.25, 0.3) is 5.91 Å². The molecule has 5 aromatic rings. The van der Waals surface area contributed by atoms with E-state index < -0.39 is 0 Å². The van der Waals surface area contributed by atoms with Crippen molar-refractivity contribution in [3.05, 3.63) is 113 Å². The molecule has 0 saturated carbocycles. The molecular weight excluding hydrogens is 469 g/mol. The third kappa shape index (κ3) is 4.99. The molecule has 37 heavy (non-hydrogen) atoms. The predicted molar refractivity (Wildman–Crippen MR) is 141 cm³/mol. The Balaban J connectivity index is 1.53. The Kier molecular flexibility index (Phi) is 6.81. The Labute approximate surface area is 213 Å². The van der Waals surface area contributed by atoms with Crippen molar-refractivity contribution in [2.24, 2.45) is 0 Å². The van der Waals surface area contributed by atoms with E-state index in [9.17, 15) is 9.18 Å². The molecule has 0 aliphatic carbocycles. The first-order valence-electron chi connectivity index (χ1n) is 11.9. The van der Waals surface area contributed by atoms with E-state index in [2.05, 4.69) is 15.6 Å². The fourth-order valence-electron chi connectivity index (χ4n) is 4.20. The lowest BCUT2D eigenvalue weighted by atomic mass is 10.1. The molecule has 2 N–H and O–H groups in total. The predicted octanol–water partition coefficient (Wildman–Crippen LogP) is 5.42. The standard InChI is InChI=1S/C29H26FN5O2/c1-19-26-27(31-16-20-12-14-23(37-2)15-13-20)24(29(36)33-17-21-8-6-7-11-25(21)30)18-32-28(26)35(34-19)22-9-4-3-5-10-22/h3-15,18H,16-17H2,1-2H3,(H,31,32)(H,33,36). The molecule has 2 aromatic heterocycles. The molecular formula is C29H26FN5O2. The fraction of sp³-hybridized carbons (Fsp3) is 0.138. The molecule has 0 atom stereocenters. The van der Waals surface area contributed by atoms with E-state index in [1.54, 1.807) is 30.0 Å². The number of carbonyl (C=O) groups is 1. The van der Waals surface area contributed by atoms with Crippen LogP contribution < -0.4 is 15.4 Å². The van der Waals surface area contributed by atoms with Crippen molar-refractivity contribution in [1.29, 1.82) is 0 Å². The van der Waals surface area contributed by atoms with Gasteiger partial charge in [0.15, 0.2) is 5.65 Å². The molecule has 0 unspecified atom stereocenters. The van der Waals surface area contributed by atoms with Crippen molar-refractivity contribution >= 4 is 22.6 Å². The van der Waals surface area contributed by atoms with Gasteiger partial charge >= 0.3 is 0 Å². The maximum absolute atomic E-state index is 14.1. The summed E-state index contributed by atoms with van der Waals surface area (Å²) in [6.07, 6.45) is 1.54. The Morgan fingerprint density at radius 1 is 0.973 bits per heavy atom. The average molecular weight is 496 g/mol. The van der Waals surface area contributed by atoms with Crippen molar-refractivity contribution in [3.63, 3.8) is 0 Å². The van der Waals surface area contributed by atoms with E-state index in [4.69, 9.17) is 9.84 Å². The van der Waals surface area contributed by atoms with Gasteiger partial charge < -0.3 is 15.4 Å². The van der Waals surface area contributed by atoms with E-state index in [0.717, 1.165) is 28.1 Å². The summed E-state index contributed by atoms with van der Waals surface area (Å²) < 4.78 is 21.1. The number of fused-ring (bicyclic) bond motifs is 1. The zero-order chi connectivity index (χ0) is 25.8. The highest BCUT2D eigenvalue weighted by molar-refractivity contribution is 6.07. The number of halogens is 1. The Hall–Kier alpha value is -4.72. The van der Waals surface area contributed by atoms with E-state index in [0.29, 0.717) is 29.0 Å². The zero-order valence-corrected chi connectivity index (χ0v) is 20.5. The molecule has 0 saturated heterocycles. The lowest BCUT2D eigenvalue weighted by Crippen LogP contribution is -2.25. The van der Waals surface area contributed by atoms with Crippen LogP contribution in [0.5, 0.6) is 5.75 Å². The third-order valence-corrected chi connectivity index (χ3v) is 6.14. The first kappa shape index (κ1) is 24.0. The third-order valence-electron chi connectivity index (χ3n) is 6.14. The van der Waals surface area contributed by atoms with Gasteiger partial charge in [-0.1, -0.05) is 48.5 Å². The van der Waals surface area contributed by atoms with Crippen molar-refractivity contribution < 1.29 is 13.9 Å². The number of ether oxygens (including phenoxy) is 1. The van der Waals surface area contributed by atoms with Crippen LogP contribution in [0.4, 0.5) is 10.1 Å². The van der Waals surface area contributed by atoms with Gasteiger partial charge in [0.05, 0.1) is 35.1 Å². The second kappa shape index (κ2) is 10.5. The second-order valence-corrected chi connectivity index (χ2v) is 8.55. The first-order chi connectivity index (χ1) is 18.0. The first-order valence-corrected chi connectivity index (χ1v) is 11.9. The number of aryl methyl sites for hydroxylation is 1. The summed E-state index contributed by atoms with van der Waals surface area (Å²) in [5, 5.41) is 11.7. The fourth-order valence-corrected chi connectivity index (χ4v) is 4.20. The molecule has 5 rings (SSSR count). The minimum atomic E-state index is -0.366. The van der Waals surface area contributed by atoms with Crippen molar-refractivity contribution in [2.75, 3.05) is 12.4 Å². The van der Waals surface area contributed by atoms with Crippen molar-refractivity contribution in [1.82, 2.24) is 20.1 Å². The lowest BCUT2D eigenvalue weighted by Gasteiger charge is -2.15. The van der Waals surface area contributed by atoms with Gasteiger partial charge in [0.1, 0.15) is 11.6 Å². The topological polar surface area (TPSA) is 81.1 Å². The summed E-state index contributed by atoms with van der Waals surface area (Å²) in [7, 11) is 1.63. The summed E-state index contributed by atoms with van der Waals surface area (Å²) in [6, 6.07) is 23.8. The Morgan fingerprint density at radius 2 is 1.70 bits per heavy atom. The van der Waals surface area contributed by atoms with E-state index in [1.165, 1.54) is 12.3 Å². The van der Waals surface area contributed by atoms with Crippen LogP contribution in [0.15, 0.2) is 85.1 Å². The van der Waals surface area contributed by atoms with Crippen LogP contribution in [-0.4, -0.2) is 27.8 Å². The van der Waals surface area contributed by atoms with Crippen LogP contribution in [0.3, 0.4) is 0 Å². The number of para-hydroxylation sites is 1. The molecule has 0 aliphatic rings. The van der Waals surface area contributed by atoms with Crippen LogP contribution in [0.1, 0.15) is 27.2 Å². The number of nitrogens with one attached hydrogen (secondary N) is 2. The number of anilines is 1. The van der Waals surface area contributed by atoms with Gasteiger partial charge in [-0.25, -0.2) is 14.1 Å². The molecule has 0 radical (unpaired) electrons. The van der Waals surface area contributed by atoms with Gasteiger partial charge in [-0.15, -0.1) is 0 Å². The van der Waals surface area contributed by atoms with Crippen LogP contribution in [0, 0.1) is 12.7 Å². The minimum Gasteiger partial charge on any atom is -0.497 e. The highest BCUT2D eigenvalue weighted by Crippen LogP contribution is 2.31.